The molecule has 3 aromatic rings. The molecule has 9 heteroatoms. The lowest BCUT2D eigenvalue weighted by atomic mass is 9.87. The summed E-state index contributed by atoms with van der Waals surface area (Å²) in [5.74, 6) is 1.48. The number of thioether (sulfide) groups is 1. The number of nitrogens with one attached hydrogen (secondary N) is 1. The highest BCUT2D eigenvalue weighted by Crippen LogP contribution is 2.42. The van der Waals surface area contributed by atoms with Crippen LogP contribution in [-0.4, -0.2) is 46.1 Å². The second-order valence-electron chi connectivity index (χ2n) is 8.93. The summed E-state index contributed by atoms with van der Waals surface area (Å²) in [7, 11) is 0. The number of fused-ring (bicyclic) bond motifs is 2. The monoisotopic (exact) mass is 495 g/mol. The summed E-state index contributed by atoms with van der Waals surface area (Å²) >= 11 is 1.25. The molecule has 184 valence electrons. The standard InChI is InChI=1S/C26H29N3O5S/c30-13-5-12-29-24(32)19-6-1-2-7-20(19)27-25(29)35-17-23(31)28-26(10-3-4-11-26)18-8-9-21-22(16-18)34-15-14-33-21/h1-2,6-9,16,30H,3-5,10-15,17H2,(H,28,31). The van der Waals surface area contributed by atoms with Crippen molar-refractivity contribution in [1.82, 2.24) is 14.9 Å². The molecule has 0 spiro atoms. The van der Waals surface area contributed by atoms with Gasteiger partial charge in [-0.2, -0.15) is 0 Å². The molecule has 1 amide bonds. The molecule has 2 aromatic carbocycles. The van der Waals surface area contributed by atoms with Gasteiger partial charge in [0.05, 0.1) is 22.2 Å². The summed E-state index contributed by atoms with van der Waals surface area (Å²) in [5, 5.41) is 13.6. The van der Waals surface area contributed by atoms with Gasteiger partial charge in [0, 0.05) is 13.2 Å². The summed E-state index contributed by atoms with van der Waals surface area (Å²) in [6.07, 6.45) is 4.23. The van der Waals surface area contributed by atoms with Crippen LogP contribution in [0.2, 0.25) is 0 Å². The Bertz CT molecular complexity index is 1290. The van der Waals surface area contributed by atoms with Crippen LogP contribution < -0.4 is 20.3 Å². The number of hydrogen-bond acceptors (Lipinski definition) is 7. The number of rotatable bonds is 8. The van der Waals surface area contributed by atoms with Crippen molar-refractivity contribution in [1.29, 1.82) is 0 Å². The molecule has 0 radical (unpaired) electrons. The number of hydrogen-bond donors (Lipinski definition) is 2. The maximum absolute atomic E-state index is 13.2. The topological polar surface area (TPSA) is 103 Å². The van der Waals surface area contributed by atoms with Crippen LogP contribution in [0.3, 0.4) is 0 Å². The summed E-state index contributed by atoms with van der Waals surface area (Å²) < 4.78 is 13.0. The number of aliphatic hydroxyl groups excluding tert-OH is 1. The predicted molar refractivity (Wildman–Crippen MR) is 134 cm³/mol. The summed E-state index contributed by atoms with van der Waals surface area (Å²) in [5.41, 5.74) is 1.03. The number of aromatic nitrogens is 2. The molecule has 1 aliphatic heterocycles. The first-order valence-electron chi connectivity index (χ1n) is 12.0. The fraction of sp³-hybridized carbons (Fsp3) is 0.423. The highest BCUT2D eigenvalue weighted by atomic mass is 32.2. The van der Waals surface area contributed by atoms with Gasteiger partial charge in [0.25, 0.3) is 5.56 Å². The highest BCUT2D eigenvalue weighted by Gasteiger charge is 2.38. The molecule has 2 heterocycles. The zero-order valence-electron chi connectivity index (χ0n) is 19.5. The zero-order valence-corrected chi connectivity index (χ0v) is 20.3. The minimum absolute atomic E-state index is 0.0259. The van der Waals surface area contributed by atoms with Crippen molar-refractivity contribution in [3.63, 3.8) is 0 Å². The SMILES string of the molecule is O=C(CSc1nc2ccccc2c(=O)n1CCCO)NC1(c2ccc3c(c2)OCCO3)CCCC1. The van der Waals surface area contributed by atoms with Gasteiger partial charge in [-0.15, -0.1) is 0 Å². The molecular weight excluding hydrogens is 466 g/mol. The van der Waals surface area contributed by atoms with Crippen LogP contribution >= 0.6 is 11.8 Å². The van der Waals surface area contributed by atoms with Gasteiger partial charge in [-0.25, -0.2) is 4.98 Å². The van der Waals surface area contributed by atoms with E-state index in [2.05, 4.69) is 10.3 Å². The molecule has 35 heavy (non-hydrogen) atoms. The van der Waals surface area contributed by atoms with Crippen molar-refractivity contribution in [2.24, 2.45) is 0 Å². The van der Waals surface area contributed by atoms with Crippen LogP contribution in [0.1, 0.15) is 37.7 Å². The molecule has 8 nitrogen and oxygen atoms in total. The maximum atomic E-state index is 13.2. The number of benzene rings is 2. The van der Waals surface area contributed by atoms with Crippen LogP contribution in [0, 0.1) is 0 Å². The van der Waals surface area contributed by atoms with E-state index >= 15 is 0 Å². The first-order chi connectivity index (χ1) is 17.1. The number of carbonyl (C=O) groups excluding carboxylic acids is 1. The Morgan fingerprint density at radius 2 is 1.89 bits per heavy atom. The molecular formula is C26H29N3O5S. The van der Waals surface area contributed by atoms with E-state index in [1.807, 2.05) is 24.3 Å². The molecule has 0 unspecified atom stereocenters. The maximum Gasteiger partial charge on any atom is 0.262 e. The van der Waals surface area contributed by atoms with Crippen LogP contribution in [0.15, 0.2) is 52.4 Å². The first-order valence-corrected chi connectivity index (χ1v) is 13.0. The van der Waals surface area contributed by atoms with Crippen molar-refractivity contribution in [3.05, 3.63) is 58.4 Å². The summed E-state index contributed by atoms with van der Waals surface area (Å²) in [6.45, 7) is 1.38. The van der Waals surface area contributed by atoms with E-state index in [0.717, 1.165) is 42.7 Å². The molecule has 0 bridgehead atoms. The average Bonchev–Trinajstić information content (AvgIpc) is 3.36. The van der Waals surface area contributed by atoms with Crippen molar-refractivity contribution in [3.8, 4) is 11.5 Å². The summed E-state index contributed by atoms with van der Waals surface area (Å²) in [6, 6.07) is 13.1. The molecule has 0 atom stereocenters. The van der Waals surface area contributed by atoms with E-state index in [1.165, 1.54) is 11.8 Å². The first kappa shape index (κ1) is 23.7. The predicted octanol–water partition coefficient (Wildman–Crippen LogP) is 3.23. The Kier molecular flexibility index (Phi) is 6.97. The van der Waals surface area contributed by atoms with Crippen molar-refractivity contribution in [2.45, 2.75) is 49.3 Å². The second-order valence-corrected chi connectivity index (χ2v) is 9.87. The lowest BCUT2D eigenvalue weighted by molar-refractivity contribution is -0.120. The van der Waals surface area contributed by atoms with Crippen LogP contribution in [-0.2, 0) is 16.9 Å². The van der Waals surface area contributed by atoms with Crippen molar-refractivity contribution < 1.29 is 19.4 Å². The molecule has 2 aliphatic rings. The second kappa shape index (κ2) is 10.3. The largest absolute Gasteiger partial charge is 0.486 e. The minimum atomic E-state index is -0.444. The Labute approximate surface area is 207 Å². The molecule has 5 rings (SSSR count). The van der Waals surface area contributed by atoms with Crippen LogP contribution in [0.5, 0.6) is 11.5 Å². The number of ether oxygens (including phenoxy) is 2. The van der Waals surface area contributed by atoms with Gasteiger partial charge in [-0.3, -0.25) is 14.2 Å². The van der Waals surface area contributed by atoms with Crippen molar-refractivity contribution in [2.75, 3.05) is 25.6 Å². The van der Waals surface area contributed by atoms with Gasteiger partial charge in [0.15, 0.2) is 16.7 Å². The number of para-hydroxylation sites is 1. The van der Waals surface area contributed by atoms with Gasteiger partial charge < -0.3 is 19.9 Å². The van der Waals surface area contributed by atoms with E-state index < -0.39 is 5.54 Å². The van der Waals surface area contributed by atoms with E-state index in [0.29, 0.717) is 42.2 Å². The Balaban J connectivity index is 1.36. The highest BCUT2D eigenvalue weighted by molar-refractivity contribution is 7.99. The smallest absolute Gasteiger partial charge is 0.262 e. The van der Waals surface area contributed by atoms with Gasteiger partial charge in [-0.1, -0.05) is 42.8 Å². The molecule has 1 fully saturated rings. The van der Waals surface area contributed by atoms with Gasteiger partial charge in [-0.05, 0) is 49.1 Å². The van der Waals surface area contributed by atoms with Gasteiger partial charge in [0.1, 0.15) is 13.2 Å². The van der Waals surface area contributed by atoms with E-state index in [9.17, 15) is 14.7 Å². The number of nitrogens with zero attached hydrogens (tertiary/aromatic N) is 2. The van der Waals surface area contributed by atoms with E-state index in [-0.39, 0.29) is 23.8 Å². The molecule has 1 aliphatic carbocycles. The number of amides is 1. The average molecular weight is 496 g/mol. The Morgan fingerprint density at radius 1 is 1.11 bits per heavy atom. The van der Waals surface area contributed by atoms with Crippen LogP contribution in [0.4, 0.5) is 0 Å². The molecule has 1 saturated carbocycles. The Hall–Kier alpha value is -3.04. The number of aliphatic hydroxyl groups is 1. The third kappa shape index (κ3) is 4.88. The van der Waals surface area contributed by atoms with Crippen molar-refractivity contribution >= 4 is 28.6 Å². The van der Waals surface area contributed by atoms with E-state index in [4.69, 9.17) is 9.47 Å². The molecule has 2 N–H and O–H groups in total. The normalized spacial score (nSPS) is 16.4. The zero-order chi connectivity index (χ0) is 24.3. The number of carbonyl (C=O) groups is 1. The fourth-order valence-electron chi connectivity index (χ4n) is 4.92. The molecule has 1 aromatic heterocycles. The van der Waals surface area contributed by atoms with Crippen LogP contribution in [0.25, 0.3) is 10.9 Å². The third-order valence-corrected chi connectivity index (χ3v) is 7.61. The van der Waals surface area contributed by atoms with Gasteiger partial charge in [0.2, 0.25) is 5.91 Å². The Morgan fingerprint density at radius 3 is 2.69 bits per heavy atom. The van der Waals surface area contributed by atoms with E-state index in [1.54, 1.807) is 22.8 Å². The minimum Gasteiger partial charge on any atom is -0.486 e. The lowest BCUT2D eigenvalue weighted by Crippen LogP contribution is -2.44. The quantitative estimate of drug-likeness (QED) is 0.365. The summed E-state index contributed by atoms with van der Waals surface area (Å²) in [4.78, 5) is 30.9. The van der Waals surface area contributed by atoms with Gasteiger partial charge >= 0.3 is 0 Å². The lowest BCUT2D eigenvalue weighted by Gasteiger charge is -2.32. The molecule has 0 saturated heterocycles. The fourth-order valence-corrected chi connectivity index (χ4v) is 5.75. The third-order valence-electron chi connectivity index (χ3n) is 6.63.